The minimum absolute atomic E-state index is 0.0149. The Hall–Kier alpha value is -4.44. The molecule has 2 aromatic rings. The van der Waals surface area contributed by atoms with Crippen LogP contribution in [0.1, 0.15) is 22.7 Å². The van der Waals surface area contributed by atoms with Crippen molar-refractivity contribution in [1.82, 2.24) is 10.3 Å². The molecule has 146 valence electrons. The summed E-state index contributed by atoms with van der Waals surface area (Å²) in [6, 6.07) is 6.57. The fraction of sp³-hybridized carbons (Fsp3) is 0.158. The number of rotatable bonds is 5. The molecule has 1 aliphatic heterocycles. The summed E-state index contributed by atoms with van der Waals surface area (Å²) in [5.74, 6) is 1.48. The van der Waals surface area contributed by atoms with Gasteiger partial charge in [0.05, 0.1) is 12.8 Å². The Balaban J connectivity index is 2.17. The molecular formula is C19H18N8O2. The van der Waals surface area contributed by atoms with E-state index in [0.29, 0.717) is 35.1 Å². The van der Waals surface area contributed by atoms with E-state index in [2.05, 4.69) is 27.2 Å². The zero-order chi connectivity index (χ0) is 21.0. The number of pyridine rings is 1. The molecule has 0 amide bonds. The molecule has 1 unspecified atom stereocenters. The van der Waals surface area contributed by atoms with Crippen molar-refractivity contribution < 1.29 is 9.47 Å². The summed E-state index contributed by atoms with van der Waals surface area (Å²) in [6.45, 7) is 3.95. The third-order valence-electron chi connectivity index (χ3n) is 4.22. The van der Waals surface area contributed by atoms with Gasteiger partial charge in [0, 0.05) is 5.56 Å². The van der Waals surface area contributed by atoms with E-state index in [1.807, 2.05) is 6.07 Å². The number of aliphatic imine (C=N–C) groups is 1. The first kappa shape index (κ1) is 19.3. The fourth-order valence-electron chi connectivity index (χ4n) is 2.94. The Kier molecular flexibility index (Phi) is 5.37. The highest BCUT2D eigenvalue weighted by Gasteiger charge is 2.30. The van der Waals surface area contributed by atoms with Crippen molar-refractivity contribution >= 4 is 23.3 Å². The largest absolute Gasteiger partial charge is 0.493 e. The van der Waals surface area contributed by atoms with Crippen molar-refractivity contribution in [2.24, 2.45) is 4.99 Å². The number of methoxy groups -OCH3 is 1. The first-order chi connectivity index (χ1) is 14.0. The number of nitrogens with one attached hydrogen (secondary N) is 2. The molecule has 1 aromatic carbocycles. The van der Waals surface area contributed by atoms with E-state index in [4.69, 9.17) is 26.2 Å². The van der Waals surface area contributed by atoms with Crippen LogP contribution in [-0.4, -0.2) is 24.7 Å². The van der Waals surface area contributed by atoms with Gasteiger partial charge >= 0.3 is 0 Å². The average Bonchev–Trinajstić information content (AvgIpc) is 2.72. The van der Waals surface area contributed by atoms with Gasteiger partial charge in [0.2, 0.25) is 5.96 Å². The van der Waals surface area contributed by atoms with E-state index in [9.17, 15) is 5.26 Å². The third kappa shape index (κ3) is 3.55. The molecule has 0 fully saturated rings. The maximum atomic E-state index is 9.39. The summed E-state index contributed by atoms with van der Waals surface area (Å²) < 4.78 is 11.0. The van der Waals surface area contributed by atoms with Gasteiger partial charge < -0.3 is 26.3 Å². The average molecular weight is 390 g/mol. The second kappa shape index (κ2) is 8.06. The lowest BCUT2D eigenvalue weighted by atomic mass is 9.95. The molecule has 0 aliphatic carbocycles. The number of hydrogen-bond donors (Lipinski definition) is 4. The molecule has 0 bridgehead atoms. The van der Waals surface area contributed by atoms with Gasteiger partial charge in [0.15, 0.2) is 17.7 Å². The van der Waals surface area contributed by atoms with Crippen LogP contribution < -0.4 is 31.6 Å². The van der Waals surface area contributed by atoms with Crippen molar-refractivity contribution in [3.63, 3.8) is 0 Å². The second-order valence-corrected chi connectivity index (χ2v) is 5.91. The lowest BCUT2D eigenvalue weighted by molar-refractivity contribution is 0.326. The molecule has 3 rings (SSSR count). The van der Waals surface area contributed by atoms with Gasteiger partial charge in [-0.25, -0.2) is 9.98 Å². The van der Waals surface area contributed by atoms with E-state index in [0.717, 1.165) is 0 Å². The van der Waals surface area contributed by atoms with Gasteiger partial charge in [-0.3, -0.25) is 5.32 Å². The molecule has 10 nitrogen and oxygen atoms in total. The van der Waals surface area contributed by atoms with Gasteiger partial charge in [0.25, 0.3) is 0 Å². The molecule has 6 N–H and O–H groups in total. The molecule has 1 aliphatic rings. The smallest absolute Gasteiger partial charge is 0.211 e. The minimum Gasteiger partial charge on any atom is -0.493 e. The topological polar surface area (TPSA) is 167 Å². The van der Waals surface area contributed by atoms with Crippen LogP contribution in [0, 0.1) is 22.8 Å². The van der Waals surface area contributed by atoms with Crippen molar-refractivity contribution in [1.29, 1.82) is 10.5 Å². The van der Waals surface area contributed by atoms with E-state index in [-0.39, 0.29) is 23.0 Å². The number of nitrogens with zero attached hydrogens (tertiary/aromatic N) is 4. The van der Waals surface area contributed by atoms with Crippen molar-refractivity contribution in [3.8, 4) is 23.8 Å². The normalized spacial score (nSPS) is 14.3. The van der Waals surface area contributed by atoms with Crippen molar-refractivity contribution in [2.75, 3.05) is 30.5 Å². The van der Waals surface area contributed by atoms with E-state index in [1.165, 1.54) is 7.11 Å². The fourth-order valence-corrected chi connectivity index (χ4v) is 2.94. The molecule has 0 saturated heterocycles. The highest BCUT2D eigenvalue weighted by atomic mass is 16.5. The number of guanidine groups is 1. The Morgan fingerprint density at radius 2 is 2.14 bits per heavy atom. The van der Waals surface area contributed by atoms with Crippen LogP contribution in [0.5, 0.6) is 11.5 Å². The summed E-state index contributed by atoms with van der Waals surface area (Å²) >= 11 is 0. The molecule has 2 heterocycles. The number of anilines is 3. The summed E-state index contributed by atoms with van der Waals surface area (Å²) in [5, 5.41) is 23.7. The quantitative estimate of drug-likeness (QED) is 0.337. The lowest BCUT2D eigenvalue weighted by Crippen LogP contribution is -2.32. The summed E-state index contributed by atoms with van der Waals surface area (Å²) in [7, 11) is 1.52. The van der Waals surface area contributed by atoms with Crippen LogP contribution in [0.3, 0.4) is 0 Å². The zero-order valence-electron chi connectivity index (χ0n) is 15.6. The van der Waals surface area contributed by atoms with E-state index >= 15 is 0 Å². The molecule has 1 aromatic heterocycles. The standard InChI is InChI=1S/C19H18N8O2/c1-3-6-29-12-5-4-10(7-13(12)28-2)16-14-15(22)11(8-20)17(23)26-18(14)27-19(25-16)24-9-21/h3-5,7,16H,1,6H2,2H3,(H6,22,23,24,25,26,27). The first-order valence-corrected chi connectivity index (χ1v) is 8.44. The van der Waals surface area contributed by atoms with Crippen LogP contribution in [0.2, 0.25) is 0 Å². The predicted octanol–water partition coefficient (Wildman–Crippen LogP) is 1.63. The highest BCUT2D eigenvalue weighted by molar-refractivity contribution is 5.98. The summed E-state index contributed by atoms with van der Waals surface area (Å²) in [6.07, 6.45) is 3.43. The van der Waals surface area contributed by atoms with Crippen LogP contribution in [0.4, 0.5) is 17.3 Å². The Bertz CT molecular complexity index is 1080. The number of fused-ring (bicyclic) bond motifs is 1. The molecule has 29 heavy (non-hydrogen) atoms. The molecule has 0 radical (unpaired) electrons. The number of ether oxygens (including phenoxy) is 2. The third-order valence-corrected chi connectivity index (χ3v) is 4.22. The monoisotopic (exact) mass is 390 g/mol. The maximum absolute atomic E-state index is 9.39. The summed E-state index contributed by atoms with van der Waals surface area (Å²) in [4.78, 5) is 8.73. The van der Waals surface area contributed by atoms with E-state index in [1.54, 1.807) is 30.5 Å². The molecule has 10 heteroatoms. The number of hydrogen-bond acceptors (Lipinski definition) is 10. The predicted molar refractivity (Wildman–Crippen MR) is 108 cm³/mol. The molecule has 0 spiro atoms. The maximum Gasteiger partial charge on any atom is 0.211 e. The summed E-state index contributed by atoms with van der Waals surface area (Å²) in [5.41, 5.74) is 13.5. The van der Waals surface area contributed by atoms with Gasteiger partial charge in [0.1, 0.15) is 35.9 Å². The van der Waals surface area contributed by atoms with Crippen LogP contribution in [0.15, 0.2) is 35.8 Å². The minimum atomic E-state index is -0.662. The lowest BCUT2D eigenvalue weighted by Gasteiger charge is -2.26. The first-order valence-electron chi connectivity index (χ1n) is 8.44. The molecule has 0 saturated carbocycles. The van der Waals surface area contributed by atoms with Gasteiger partial charge in [-0.1, -0.05) is 18.7 Å². The van der Waals surface area contributed by atoms with Crippen molar-refractivity contribution in [3.05, 3.63) is 47.5 Å². The number of nitriles is 2. The number of nitrogens with two attached hydrogens (primary N) is 2. The second-order valence-electron chi connectivity index (χ2n) is 5.91. The van der Waals surface area contributed by atoms with E-state index < -0.39 is 6.04 Å². The Morgan fingerprint density at radius 3 is 2.79 bits per heavy atom. The molecular weight excluding hydrogens is 372 g/mol. The Morgan fingerprint density at radius 1 is 1.34 bits per heavy atom. The van der Waals surface area contributed by atoms with Gasteiger partial charge in [-0.2, -0.15) is 10.5 Å². The Labute approximate surface area is 167 Å². The van der Waals surface area contributed by atoms with Crippen molar-refractivity contribution in [2.45, 2.75) is 6.04 Å². The number of benzene rings is 1. The van der Waals surface area contributed by atoms with Crippen LogP contribution in [-0.2, 0) is 0 Å². The molecule has 1 atom stereocenters. The zero-order valence-corrected chi connectivity index (χ0v) is 15.6. The number of nitrogen functional groups attached to an aromatic ring is 2. The van der Waals surface area contributed by atoms with Crippen LogP contribution >= 0.6 is 0 Å². The van der Waals surface area contributed by atoms with Gasteiger partial charge in [-0.05, 0) is 17.7 Å². The van der Waals surface area contributed by atoms with Crippen LogP contribution in [0.25, 0.3) is 0 Å². The SMILES string of the molecule is C=CCOc1ccc(C2N=C(NC#N)Nc3nc(N)c(C#N)c(N)c32)cc1OC. The highest BCUT2D eigenvalue weighted by Crippen LogP contribution is 2.42. The number of aromatic nitrogens is 1. The van der Waals surface area contributed by atoms with Gasteiger partial charge in [-0.15, -0.1) is 0 Å².